The molecule has 1 rings (SSSR count). The van der Waals surface area contributed by atoms with Crippen LogP contribution in [0, 0.1) is 11.8 Å². The zero-order valence-corrected chi connectivity index (χ0v) is 10.7. The van der Waals surface area contributed by atoms with E-state index < -0.39 is 0 Å². The zero-order chi connectivity index (χ0) is 11.1. The van der Waals surface area contributed by atoms with Crippen molar-refractivity contribution < 1.29 is 4.74 Å². The highest BCUT2D eigenvalue weighted by atomic mass is 16.5. The minimum Gasteiger partial charge on any atom is -0.385 e. The van der Waals surface area contributed by atoms with Crippen molar-refractivity contribution in [2.24, 2.45) is 11.8 Å². The van der Waals surface area contributed by atoms with Crippen LogP contribution in [0.15, 0.2) is 0 Å². The average Bonchev–Trinajstić information content (AvgIpc) is 2.20. The summed E-state index contributed by atoms with van der Waals surface area (Å²) in [6, 6.07) is 0. The van der Waals surface area contributed by atoms with Gasteiger partial charge in [-0.2, -0.15) is 0 Å². The van der Waals surface area contributed by atoms with Crippen LogP contribution in [0.4, 0.5) is 0 Å². The second-order valence-corrected chi connectivity index (χ2v) is 5.26. The van der Waals surface area contributed by atoms with E-state index in [1.54, 1.807) is 7.11 Å². The lowest BCUT2D eigenvalue weighted by molar-refractivity contribution is 0.141. The van der Waals surface area contributed by atoms with Crippen molar-refractivity contribution in [2.45, 2.75) is 39.5 Å². The van der Waals surface area contributed by atoms with Gasteiger partial charge in [0.25, 0.3) is 0 Å². The van der Waals surface area contributed by atoms with Crippen LogP contribution in [0.25, 0.3) is 0 Å². The number of ether oxygens (including phenoxy) is 1. The van der Waals surface area contributed by atoms with Crippen LogP contribution in [0.3, 0.4) is 0 Å². The molecule has 0 amide bonds. The first-order chi connectivity index (χ1) is 7.22. The Kier molecular flexibility index (Phi) is 6.26. The van der Waals surface area contributed by atoms with Crippen LogP contribution < -0.4 is 0 Å². The monoisotopic (exact) mass is 213 g/mol. The minimum atomic E-state index is 0.870. The van der Waals surface area contributed by atoms with Crippen molar-refractivity contribution in [3.63, 3.8) is 0 Å². The highest BCUT2D eigenvalue weighted by molar-refractivity contribution is 4.73. The molecule has 1 aliphatic rings. The molecule has 90 valence electrons. The smallest absolute Gasteiger partial charge is 0.0474 e. The molecule has 1 fully saturated rings. The summed E-state index contributed by atoms with van der Waals surface area (Å²) in [6.45, 7) is 9.42. The van der Waals surface area contributed by atoms with Gasteiger partial charge in [-0.1, -0.05) is 13.8 Å². The van der Waals surface area contributed by atoms with Gasteiger partial charge in [-0.25, -0.2) is 0 Å². The third-order valence-electron chi connectivity index (χ3n) is 3.33. The predicted octanol–water partition coefficient (Wildman–Crippen LogP) is 2.78. The third-order valence-corrected chi connectivity index (χ3v) is 3.33. The second-order valence-electron chi connectivity index (χ2n) is 5.26. The van der Waals surface area contributed by atoms with Crippen molar-refractivity contribution in [3.8, 4) is 0 Å². The molecular weight excluding hydrogens is 186 g/mol. The van der Waals surface area contributed by atoms with E-state index in [1.165, 1.54) is 45.3 Å². The Bertz CT molecular complexity index is 151. The zero-order valence-electron chi connectivity index (χ0n) is 10.7. The van der Waals surface area contributed by atoms with Gasteiger partial charge in [0.2, 0.25) is 0 Å². The molecule has 2 heteroatoms. The summed E-state index contributed by atoms with van der Waals surface area (Å²) in [5.41, 5.74) is 0. The van der Waals surface area contributed by atoms with Crippen molar-refractivity contribution in [1.29, 1.82) is 0 Å². The van der Waals surface area contributed by atoms with E-state index in [0.717, 1.165) is 18.4 Å². The number of hydrogen-bond donors (Lipinski definition) is 0. The van der Waals surface area contributed by atoms with Crippen LogP contribution in [0.1, 0.15) is 39.5 Å². The molecule has 0 aromatic rings. The van der Waals surface area contributed by atoms with Crippen LogP contribution in [0.2, 0.25) is 0 Å². The first-order valence-corrected chi connectivity index (χ1v) is 6.43. The predicted molar refractivity (Wildman–Crippen MR) is 65.1 cm³/mol. The normalized spacial score (nSPS) is 20.0. The maximum atomic E-state index is 5.08. The van der Waals surface area contributed by atoms with Crippen LogP contribution in [0.5, 0.6) is 0 Å². The lowest BCUT2D eigenvalue weighted by atomic mass is 9.88. The Labute approximate surface area is 95.0 Å². The van der Waals surface area contributed by atoms with Gasteiger partial charge in [-0.15, -0.1) is 0 Å². The van der Waals surface area contributed by atoms with Gasteiger partial charge in [0.15, 0.2) is 0 Å². The summed E-state index contributed by atoms with van der Waals surface area (Å²) in [5, 5.41) is 0. The number of nitrogens with zero attached hydrogens (tertiary/aromatic N) is 1. The molecule has 0 bridgehead atoms. The Balaban J connectivity index is 2.07. The van der Waals surface area contributed by atoms with E-state index in [-0.39, 0.29) is 0 Å². The standard InChI is InChI=1S/C13H27NO/c1-12(2)11-13-5-8-14(9-6-13)7-4-10-15-3/h12-13H,4-11H2,1-3H3. The van der Waals surface area contributed by atoms with Gasteiger partial charge < -0.3 is 9.64 Å². The molecule has 1 aliphatic heterocycles. The van der Waals surface area contributed by atoms with Gasteiger partial charge in [-0.05, 0) is 50.6 Å². The summed E-state index contributed by atoms with van der Waals surface area (Å²) in [5.74, 6) is 1.86. The Morgan fingerprint density at radius 2 is 1.93 bits per heavy atom. The summed E-state index contributed by atoms with van der Waals surface area (Å²) in [4.78, 5) is 2.59. The molecule has 0 unspecified atom stereocenters. The number of methoxy groups -OCH3 is 1. The van der Waals surface area contributed by atoms with E-state index in [2.05, 4.69) is 18.7 Å². The molecular formula is C13H27NO. The Morgan fingerprint density at radius 3 is 2.47 bits per heavy atom. The molecule has 0 N–H and O–H groups in total. The van der Waals surface area contributed by atoms with Gasteiger partial charge in [-0.3, -0.25) is 0 Å². The van der Waals surface area contributed by atoms with Crippen molar-refractivity contribution in [2.75, 3.05) is 33.4 Å². The highest BCUT2D eigenvalue weighted by Crippen LogP contribution is 2.23. The van der Waals surface area contributed by atoms with Gasteiger partial charge in [0.1, 0.15) is 0 Å². The summed E-state index contributed by atoms with van der Waals surface area (Å²) < 4.78 is 5.08. The molecule has 0 spiro atoms. The molecule has 15 heavy (non-hydrogen) atoms. The SMILES string of the molecule is COCCCN1CCC(CC(C)C)CC1. The number of rotatable bonds is 6. The number of likely N-dealkylation sites (tertiary alicyclic amines) is 1. The second kappa shape index (κ2) is 7.24. The molecule has 0 atom stereocenters. The number of piperidine rings is 1. The number of hydrogen-bond acceptors (Lipinski definition) is 2. The molecule has 0 aromatic carbocycles. The first kappa shape index (κ1) is 13.0. The maximum Gasteiger partial charge on any atom is 0.0474 e. The lowest BCUT2D eigenvalue weighted by Gasteiger charge is -2.32. The summed E-state index contributed by atoms with van der Waals surface area (Å²) in [7, 11) is 1.79. The summed E-state index contributed by atoms with van der Waals surface area (Å²) >= 11 is 0. The quantitative estimate of drug-likeness (QED) is 0.629. The Hall–Kier alpha value is -0.0800. The molecule has 0 radical (unpaired) electrons. The fourth-order valence-electron chi connectivity index (χ4n) is 2.54. The fourth-order valence-corrected chi connectivity index (χ4v) is 2.54. The maximum absolute atomic E-state index is 5.08. The van der Waals surface area contributed by atoms with E-state index >= 15 is 0 Å². The van der Waals surface area contributed by atoms with Crippen LogP contribution in [-0.2, 0) is 4.74 Å². The molecule has 0 aliphatic carbocycles. The van der Waals surface area contributed by atoms with Crippen molar-refractivity contribution in [1.82, 2.24) is 4.90 Å². The molecule has 1 saturated heterocycles. The topological polar surface area (TPSA) is 12.5 Å². The minimum absolute atomic E-state index is 0.870. The van der Waals surface area contributed by atoms with Gasteiger partial charge >= 0.3 is 0 Å². The van der Waals surface area contributed by atoms with E-state index in [1.807, 2.05) is 0 Å². The largest absolute Gasteiger partial charge is 0.385 e. The molecule has 2 nitrogen and oxygen atoms in total. The molecule has 1 heterocycles. The van der Waals surface area contributed by atoms with Crippen LogP contribution >= 0.6 is 0 Å². The van der Waals surface area contributed by atoms with Crippen molar-refractivity contribution >= 4 is 0 Å². The van der Waals surface area contributed by atoms with E-state index in [4.69, 9.17) is 4.74 Å². The van der Waals surface area contributed by atoms with Crippen LogP contribution in [-0.4, -0.2) is 38.3 Å². The fraction of sp³-hybridized carbons (Fsp3) is 1.00. The van der Waals surface area contributed by atoms with E-state index in [9.17, 15) is 0 Å². The third kappa shape index (κ3) is 5.53. The van der Waals surface area contributed by atoms with Crippen molar-refractivity contribution in [3.05, 3.63) is 0 Å². The van der Waals surface area contributed by atoms with Gasteiger partial charge in [0.05, 0.1) is 0 Å². The lowest BCUT2D eigenvalue weighted by Crippen LogP contribution is -2.35. The molecule has 0 aromatic heterocycles. The van der Waals surface area contributed by atoms with E-state index in [0.29, 0.717) is 0 Å². The Morgan fingerprint density at radius 1 is 1.27 bits per heavy atom. The highest BCUT2D eigenvalue weighted by Gasteiger charge is 2.19. The summed E-state index contributed by atoms with van der Waals surface area (Å²) in [6.07, 6.45) is 5.42. The average molecular weight is 213 g/mol. The van der Waals surface area contributed by atoms with Gasteiger partial charge in [0, 0.05) is 20.3 Å². The molecule has 0 saturated carbocycles. The first-order valence-electron chi connectivity index (χ1n) is 6.43.